The minimum absolute atomic E-state index is 0. The van der Waals surface area contributed by atoms with Gasteiger partial charge in [-0.25, -0.2) is 13.1 Å². The van der Waals surface area contributed by atoms with Gasteiger partial charge in [-0.1, -0.05) is 24.3 Å². The molecule has 2 heterocycles. The number of halogens is 1. The second-order valence-electron chi connectivity index (χ2n) is 6.68. The molecule has 2 amide bonds. The molecule has 4 rings (SSSR count). The minimum atomic E-state index is -3.81. The van der Waals surface area contributed by atoms with Crippen molar-refractivity contribution in [3.05, 3.63) is 64.7 Å². The predicted molar refractivity (Wildman–Crippen MR) is 106 cm³/mol. The average molecular weight is 422 g/mol. The van der Waals surface area contributed by atoms with Crippen LogP contribution in [-0.2, 0) is 16.4 Å². The number of sulfonamides is 1. The molecule has 0 spiro atoms. The average Bonchev–Trinajstić information content (AvgIpc) is 2.90. The molecule has 2 N–H and O–H groups in total. The Balaban J connectivity index is 0.00000225. The van der Waals surface area contributed by atoms with E-state index in [0.29, 0.717) is 0 Å². The van der Waals surface area contributed by atoms with Crippen molar-refractivity contribution in [2.24, 2.45) is 0 Å². The van der Waals surface area contributed by atoms with Crippen LogP contribution in [0.5, 0.6) is 0 Å². The number of nitrogens with one attached hydrogen (secondary N) is 2. The Morgan fingerprint density at radius 2 is 1.82 bits per heavy atom. The molecule has 2 aromatic carbocycles. The number of imide groups is 1. The molecule has 7 nitrogen and oxygen atoms in total. The molecule has 0 saturated heterocycles. The van der Waals surface area contributed by atoms with Crippen LogP contribution < -0.4 is 10.0 Å². The van der Waals surface area contributed by atoms with Crippen LogP contribution in [-0.4, -0.2) is 45.3 Å². The highest BCUT2D eigenvalue weighted by atomic mass is 35.5. The summed E-state index contributed by atoms with van der Waals surface area (Å²) in [5.41, 5.74) is 2.64. The summed E-state index contributed by atoms with van der Waals surface area (Å²) in [4.78, 5) is 25.0. The van der Waals surface area contributed by atoms with Gasteiger partial charge in [0.2, 0.25) is 10.0 Å². The Morgan fingerprint density at radius 1 is 1.11 bits per heavy atom. The van der Waals surface area contributed by atoms with Gasteiger partial charge in [0.15, 0.2) is 0 Å². The number of hydrogen-bond acceptors (Lipinski definition) is 5. The fraction of sp³-hybridized carbons (Fsp3) is 0.263. The molecule has 1 unspecified atom stereocenters. The molecule has 28 heavy (non-hydrogen) atoms. The maximum Gasteiger partial charge on any atom is 0.261 e. The van der Waals surface area contributed by atoms with Crippen molar-refractivity contribution in [2.45, 2.75) is 17.4 Å². The van der Waals surface area contributed by atoms with Crippen molar-refractivity contribution < 1.29 is 18.0 Å². The second kappa shape index (κ2) is 7.63. The van der Waals surface area contributed by atoms with E-state index in [0.717, 1.165) is 23.4 Å². The topological polar surface area (TPSA) is 95.6 Å². The van der Waals surface area contributed by atoms with E-state index in [2.05, 4.69) is 16.1 Å². The monoisotopic (exact) mass is 421 g/mol. The SMILES string of the molecule is CN1C(=O)c2ccc(S(=O)(=O)NCC3NCCc4ccccc43)cc2C1=O.Cl. The van der Waals surface area contributed by atoms with Crippen molar-refractivity contribution in [2.75, 3.05) is 20.1 Å². The van der Waals surface area contributed by atoms with Gasteiger partial charge in [0, 0.05) is 19.6 Å². The smallest absolute Gasteiger partial charge is 0.261 e. The lowest BCUT2D eigenvalue weighted by atomic mass is 9.95. The van der Waals surface area contributed by atoms with E-state index in [4.69, 9.17) is 0 Å². The van der Waals surface area contributed by atoms with Gasteiger partial charge >= 0.3 is 0 Å². The maximum atomic E-state index is 12.7. The van der Waals surface area contributed by atoms with Gasteiger partial charge in [-0.05, 0) is 42.3 Å². The van der Waals surface area contributed by atoms with E-state index in [1.165, 1.54) is 30.8 Å². The maximum absolute atomic E-state index is 12.7. The van der Waals surface area contributed by atoms with Crippen LogP contribution in [0.3, 0.4) is 0 Å². The normalized spacial score (nSPS) is 18.5. The van der Waals surface area contributed by atoms with Crippen LogP contribution in [0, 0.1) is 0 Å². The van der Waals surface area contributed by atoms with E-state index < -0.39 is 21.8 Å². The molecule has 0 fully saturated rings. The lowest BCUT2D eigenvalue weighted by Gasteiger charge is -2.27. The lowest BCUT2D eigenvalue weighted by molar-refractivity contribution is 0.0693. The molecule has 0 saturated carbocycles. The van der Waals surface area contributed by atoms with Crippen LogP contribution in [0.25, 0.3) is 0 Å². The van der Waals surface area contributed by atoms with Gasteiger partial charge < -0.3 is 5.32 Å². The third-order valence-corrected chi connectivity index (χ3v) is 6.49. The largest absolute Gasteiger partial charge is 0.308 e. The fourth-order valence-electron chi connectivity index (χ4n) is 3.56. The number of benzene rings is 2. The highest BCUT2D eigenvalue weighted by molar-refractivity contribution is 7.89. The molecule has 0 bridgehead atoms. The minimum Gasteiger partial charge on any atom is -0.308 e. The van der Waals surface area contributed by atoms with Crippen molar-refractivity contribution in [1.82, 2.24) is 14.9 Å². The molecule has 148 valence electrons. The molecule has 0 radical (unpaired) electrons. The van der Waals surface area contributed by atoms with Crippen molar-refractivity contribution in [3.63, 3.8) is 0 Å². The predicted octanol–water partition coefficient (Wildman–Crippen LogP) is 1.50. The number of rotatable bonds is 4. The molecule has 0 aromatic heterocycles. The summed E-state index contributed by atoms with van der Waals surface area (Å²) < 4.78 is 28.0. The summed E-state index contributed by atoms with van der Waals surface area (Å²) in [5, 5.41) is 3.33. The van der Waals surface area contributed by atoms with E-state index in [1.807, 2.05) is 18.2 Å². The van der Waals surface area contributed by atoms with Crippen molar-refractivity contribution >= 4 is 34.2 Å². The summed E-state index contributed by atoms with van der Waals surface area (Å²) in [7, 11) is -2.44. The number of fused-ring (bicyclic) bond motifs is 2. The summed E-state index contributed by atoms with van der Waals surface area (Å²) in [6, 6.07) is 11.9. The molecular weight excluding hydrogens is 402 g/mol. The second-order valence-corrected chi connectivity index (χ2v) is 8.45. The molecule has 1 atom stereocenters. The lowest BCUT2D eigenvalue weighted by Crippen LogP contribution is -2.38. The van der Waals surface area contributed by atoms with Crippen molar-refractivity contribution in [1.29, 1.82) is 0 Å². The Bertz CT molecular complexity index is 1050. The zero-order valence-corrected chi connectivity index (χ0v) is 16.8. The molecular formula is C19H20ClN3O4S. The summed E-state index contributed by atoms with van der Waals surface area (Å²) in [6.45, 7) is 0.981. The van der Waals surface area contributed by atoms with Gasteiger partial charge in [-0.15, -0.1) is 12.4 Å². The van der Waals surface area contributed by atoms with E-state index in [1.54, 1.807) is 0 Å². The van der Waals surface area contributed by atoms with E-state index in [-0.39, 0.29) is 41.0 Å². The van der Waals surface area contributed by atoms with E-state index in [9.17, 15) is 18.0 Å². The van der Waals surface area contributed by atoms with Gasteiger partial charge in [0.25, 0.3) is 11.8 Å². The van der Waals surface area contributed by atoms with Crippen LogP contribution in [0.4, 0.5) is 0 Å². The van der Waals surface area contributed by atoms with Gasteiger partial charge in [0.05, 0.1) is 16.0 Å². The first kappa shape index (κ1) is 20.5. The first-order chi connectivity index (χ1) is 12.9. The standard InChI is InChI=1S/C19H19N3O4S.ClH/c1-22-18(23)15-7-6-13(10-16(15)19(22)24)27(25,26)21-11-17-14-5-3-2-4-12(14)8-9-20-17;/h2-7,10,17,20-21H,8-9,11H2,1H3;1H. The fourth-order valence-corrected chi connectivity index (χ4v) is 4.63. The highest BCUT2D eigenvalue weighted by Crippen LogP contribution is 2.25. The first-order valence-corrected chi connectivity index (χ1v) is 10.1. The summed E-state index contributed by atoms with van der Waals surface area (Å²) >= 11 is 0. The first-order valence-electron chi connectivity index (χ1n) is 8.66. The molecule has 0 aliphatic carbocycles. The number of carbonyl (C=O) groups is 2. The van der Waals surface area contributed by atoms with Crippen LogP contribution in [0.1, 0.15) is 37.9 Å². The third-order valence-electron chi connectivity index (χ3n) is 5.06. The van der Waals surface area contributed by atoms with E-state index >= 15 is 0 Å². The zero-order valence-electron chi connectivity index (χ0n) is 15.1. The van der Waals surface area contributed by atoms with Crippen molar-refractivity contribution in [3.8, 4) is 0 Å². The van der Waals surface area contributed by atoms with Crippen LogP contribution in [0.15, 0.2) is 47.4 Å². The number of nitrogens with zero attached hydrogens (tertiary/aromatic N) is 1. The molecule has 9 heteroatoms. The van der Waals surface area contributed by atoms with Gasteiger partial charge in [-0.2, -0.15) is 0 Å². The van der Waals surface area contributed by atoms with Gasteiger partial charge in [0.1, 0.15) is 0 Å². The quantitative estimate of drug-likeness (QED) is 0.729. The summed E-state index contributed by atoms with van der Waals surface area (Å²) in [5.74, 6) is -0.912. The third kappa shape index (κ3) is 3.44. The number of amides is 2. The Labute approximate surface area is 169 Å². The number of carbonyl (C=O) groups excluding carboxylic acids is 2. The Hall–Kier alpha value is -2.26. The highest BCUT2D eigenvalue weighted by Gasteiger charge is 2.34. The molecule has 2 aliphatic heterocycles. The Morgan fingerprint density at radius 3 is 2.61 bits per heavy atom. The van der Waals surface area contributed by atoms with Crippen LogP contribution >= 0.6 is 12.4 Å². The Kier molecular flexibility index (Phi) is 5.58. The van der Waals surface area contributed by atoms with Gasteiger partial charge in [-0.3, -0.25) is 14.5 Å². The molecule has 2 aromatic rings. The summed E-state index contributed by atoms with van der Waals surface area (Å²) in [6.07, 6.45) is 0.911. The van der Waals surface area contributed by atoms with Crippen LogP contribution in [0.2, 0.25) is 0 Å². The molecule has 2 aliphatic rings. The number of hydrogen-bond donors (Lipinski definition) is 2. The zero-order chi connectivity index (χ0) is 19.2.